The first-order valence-electron chi connectivity index (χ1n) is 7.78. The molecular weight excluding hydrogens is 380 g/mol. The maximum atomic E-state index is 10.8. The first-order valence-corrected chi connectivity index (χ1v) is 7.78. The summed E-state index contributed by atoms with van der Waals surface area (Å²) in [7, 11) is 0. The molecule has 0 aromatic rings. The van der Waals surface area contributed by atoms with E-state index in [2.05, 4.69) is 4.74 Å². The third-order valence-corrected chi connectivity index (χ3v) is 4.33. The largest absolute Gasteiger partial charge is 0.508 e. The van der Waals surface area contributed by atoms with Crippen LogP contribution in [0.4, 0.5) is 4.79 Å². The van der Waals surface area contributed by atoms with Gasteiger partial charge < -0.3 is 64.9 Å². The van der Waals surface area contributed by atoms with Gasteiger partial charge in [-0.3, -0.25) is 0 Å². The molecule has 2 aliphatic rings. The molecule has 2 fully saturated rings. The van der Waals surface area contributed by atoms with Crippen molar-refractivity contribution in [2.24, 2.45) is 0 Å². The first kappa shape index (κ1) is 22.1. The maximum absolute atomic E-state index is 10.8. The van der Waals surface area contributed by atoms with Crippen molar-refractivity contribution >= 4 is 6.16 Å². The van der Waals surface area contributed by atoms with Crippen molar-refractivity contribution in [3.8, 4) is 0 Å². The van der Waals surface area contributed by atoms with Crippen molar-refractivity contribution in [1.29, 1.82) is 0 Å². The highest BCUT2D eigenvalue weighted by Gasteiger charge is 2.58. The minimum atomic E-state index is -2.73. The Bertz CT molecular complexity index is 515. The number of carbonyl (C=O) groups is 1. The van der Waals surface area contributed by atoms with E-state index in [0.29, 0.717) is 0 Å². The van der Waals surface area contributed by atoms with Crippen LogP contribution < -0.4 is 0 Å². The average molecular weight is 402 g/mol. The fourth-order valence-corrected chi connectivity index (χ4v) is 2.84. The summed E-state index contributed by atoms with van der Waals surface area (Å²) in [5, 5.41) is 86.5. The molecule has 0 aromatic heterocycles. The summed E-state index contributed by atoms with van der Waals surface area (Å²) >= 11 is 0. The second kappa shape index (κ2) is 8.46. The molecule has 14 nitrogen and oxygen atoms in total. The molecule has 0 amide bonds. The number of aliphatic hydroxyl groups excluding tert-OH is 8. The molecule has 27 heavy (non-hydrogen) atoms. The Labute approximate surface area is 151 Å². The van der Waals surface area contributed by atoms with Crippen LogP contribution in [0.15, 0.2) is 0 Å². The van der Waals surface area contributed by atoms with Crippen LogP contribution >= 0.6 is 0 Å². The molecular formula is C13H22O14. The van der Waals surface area contributed by atoms with E-state index in [1.54, 1.807) is 0 Å². The summed E-state index contributed by atoms with van der Waals surface area (Å²) in [6.07, 6.45) is -18.9. The molecule has 2 saturated heterocycles. The summed E-state index contributed by atoms with van der Waals surface area (Å²) in [5.74, 6) is -2.73. The summed E-state index contributed by atoms with van der Waals surface area (Å²) in [6, 6.07) is 0. The minimum Gasteiger partial charge on any atom is -0.450 e. The predicted molar refractivity (Wildman–Crippen MR) is 76.7 cm³/mol. The standard InChI is InChI=1S/C13H22O14/c14-1-3-8(4(16)6(18)10(21)24-3)25-11-7(19)5(17)9(20)13(2-15,26-11)27-12(22)23/h3-11,14-21H,1-2H2,(H,22,23)/t3-,4-,5+,6-,7-,8-,9-,10-,11+,13-/m1/s1. The van der Waals surface area contributed by atoms with Crippen molar-refractivity contribution < 1.29 is 69.7 Å². The van der Waals surface area contributed by atoms with E-state index >= 15 is 0 Å². The first-order chi connectivity index (χ1) is 12.6. The number of aliphatic hydroxyl groups is 8. The van der Waals surface area contributed by atoms with E-state index in [4.69, 9.17) is 19.3 Å². The average Bonchev–Trinajstić information content (AvgIpc) is 2.63. The predicted octanol–water partition coefficient (Wildman–Crippen LogP) is -5.37. The van der Waals surface area contributed by atoms with E-state index in [-0.39, 0.29) is 0 Å². The van der Waals surface area contributed by atoms with Gasteiger partial charge in [0.2, 0.25) is 0 Å². The van der Waals surface area contributed by atoms with Gasteiger partial charge in [-0.15, -0.1) is 0 Å². The van der Waals surface area contributed by atoms with Gasteiger partial charge in [0.25, 0.3) is 5.79 Å². The Morgan fingerprint density at radius 1 is 0.963 bits per heavy atom. The zero-order valence-electron chi connectivity index (χ0n) is 13.7. The van der Waals surface area contributed by atoms with Crippen LogP contribution in [0.2, 0.25) is 0 Å². The molecule has 0 saturated carbocycles. The minimum absolute atomic E-state index is 0.809. The quantitative estimate of drug-likeness (QED) is 0.195. The molecule has 2 aliphatic heterocycles. The molecule has 0 bridgehead atoms. The zero-order valence-corrected chi connectivity index (χ0v) is 13.7. The third-order valence-electron chi connectivity index (χ3n) is 4.33. The van der Waals surface area contributed by atoms with Crippen LogP contribution in [-0.2, 0) is 18.9 Å². The SMILES string of the molecule is O=C(O)O[C@@]1(CO)O[C@H](O[C@H]2[C@H](O)[C@@H](O)[C@H](O)O[C@@H]2CO)[C@H](O)[C@H](O)[C@H]1O. The fraction of sp³-hybridized carbons (Fsp3) is 0.923. The topological polar surface area (TPSA) is 236 Å². The summed E-state index contributed by atoms with van der Waals surface area (Å²) in [6.45, 7) is -2.09. The Kier molecular flexibility index (Phi) is 6.93. The van der Waals surface area contributed by atoms with Gasteiger partial charge in [-0.05, 0) is 0 Å². The molecule has 0 spiro atoms. The lowest BCUT2D eigenvalue weighted by Crippen LogP contribution is -2.69. The summed E-state index contributed by atoms with van der Waals surface area (Å²) in [5.41, 5.74) is 0. The van der Waals surface area contributed by atoms with E-state index in [9.17, 15) is 45.6 Å². The Morgan fingerprint density at radius 2 is 1.59 bits per heavy atom. The highest BCUT2D eigenvalue weighted by molar-refractivity contribution is 5.57. The molecule has 10 atom stereocenters. The van der Waals surface area contributed by atoms with Gasteiger partial charge in [0, 0.05) is 0 Å². The lowest BCUT2D eigenvalue weighted by molar-refractivity contribution is -0.415. The van der Waals surface area contributed by atoms with Crippen LogP contribution in [0.1, 0.15) is 0 Å². The van der Waals surface area contributed by atoms with Crippen LogP contribution in [-0.4, -0.2) is 126 Å². The molecule has 0 aromatic carbocycles. The maximum Gasteiger partial charge on any atom is 0.508 e. The Balaban J connectivity index is 2.26. The Morgan fingerprint density at radius 3 is 2.11 bits per heavy atom. The number of rotatable bonds is 5. The van der Waals surface area contributed by atoms with Crippen molar-refractivity contribution in [3.63, 3.8) is 0 Å². The number of hydrogen-bond donors (Lipinski definition) is 9. The number of hydrogen-bond acceptors (Lipinski definition) is 13. The molecule has 9 N–H and O–H groups in total. The molecule has 0 unspecified atom stereocenters. The Hall–Kier alpha value is -1.17. The van der Waals surface area contributed by atoms with Crippen molar-refractivity contribution in [2.45, 2.75) is 61.1 Å². The molecule has 158 valence electrons. The summed E-state index contributed by atoms with van der Waals surface area (Å²) in [4.78, 5) is 10.8. The number of ether oxygens (including phenoxy) is 4. The zero-order chi connectivity index (χ0) is 20.5. The second-order valence-electron chi connectivity index (χ2n) is 6.08. The van der Waals surface area contributed by atoms with Gasteiger partial charge in [-0.25, -0.2) is 4.79 Å². The highest BCUT2D eigenvalue weighted by atomic mass is 16.8. The second-order valence-corrected chi connectivity index (χ2v) is 6.08. The summed E-state index contributed by atoms with van der Waals surface area (Å²) < 4.78 is 19.4. The van der Waals surface area contributed by atoms with Crippen LogP contribution in [0.5, 0.6) is 0 Å². The van der Waals surface area contributed by atoms with E-state index < -0.39 is 80.5 Å². The van der Waals surface area contributed by atoms with Gasteiger partial charge in [-0.2, -0.15) is 0 Å². The molecule has 0 aliphatic carbocycles. The highest BCUT2D eigenvalue weighted by Crippen LogP contribution is 2.34. The lowest BCUT2D eigenvalue weighted by atomic mass is 9.95. The van der Waals surface area contributed by atoms with E-state index in [1.165, 1.54) is 0 Å². The monoisotopic (exact) mass is 402 g/mol. The molecule has 0 radical (unpaired) electrons. The molecule has 14 heteroatoms. The molecule has 2 heterocycles. The van der Waals surface area contributed by atoms with E-state index in [1.807, 2.05) is 0 Å². The van der Waals surface area contributed by atoms with Gasteiger partial charge in [0.05, 0.1) is 6.61 Å². The van der Waals surface area contributed by atoms with Gasteiger partial charge in [0.15, 0.2) is 18.7 Å². The number of carboxylic acid groups (broad SMARTS) is 1. The van der Waals surface area contributed by atoms with Crippen molar-refractivity contribution in [3.05, 3.63) is 0 Å². The van der Waals surface area contributed by atoms with Gasteiger partial charge in [0.1, 0.15) is 43.2 Å². The lowest BCUT2D eigenvalue weighted by Gasteiger charge is -2.48. The smallest absolute Gasteiger partial charge is 0.450 e. The normalized spacial score (nSPS) is 48.2. The van der Waals surface area contributed by atoms with Crippen LogP contribution in [0, 0.1) is 0 Å². The van der Waals surface area contributed by atoms with Crippen LogP contribution in [0.3, 0.4) is 0 Å². The van der Waals surface area contributed by atoms with Crippen LogP contribution in [0.25, 0.3) is 0 Å². The van der Waals surface area contributed by atoms with Crippen molar-refractivity contribution in [2.75, 3.05) is 13.2 Å². The fourth-order valence-electron chi connectivity index (χ4n) is 2.84. The third kappa shape index (κ3) is 4.15. The van der Waals surface area contributed by atoms with Gasteiger partial charge in [-0.1, -0.05) is 0 Å². The molecule has 2 rings (SSSR count). The van der Waals surface area contributed by atoms with Crippen molar-refractivity contribution in [1.82, 2.24) is 0 Å². The van der Waals surface area contributed by atoms with E-state index in [0.717, 1.165) is 0 Å². The van der Waals surface area contributed by atoms with Gasteiger partial charge >= 0.3 is 6.16 Å².